The standard InChI is InChI=1S/C11H14BrFN2O/c12-11-3-1-2-8(15-11)5-10(16)9-4-7(13)6-14-9/h1-3,7,9-10,14,16H,4-6H2/t7-,9+,10-/m1/s1. The van der Waals surface area contributed by atoms with Crippen molar-refractivity contribution >= 4 is 15.9 Å². The first-order valence-corrected chi connectivity index (χ1v) is 6.11. The summed E-state index contributed by atoms with van der Waals surface area (Å²) in [6, 6.07) is 5.41. The Hall–Kier alpha value is -0.520. The zero-order valence-electron chi connectivity index (χ0n) is 8.74. The molecule has 0 spiro atoms. The number of hydrogen-bond donors (Lipinski definition) is 2. The number of nitrogens with one attached hydrogen (secondary N) is 1. The zero-order valence-corrected chi connectivity index (χ0v) is 10.3. The highest BCUT2D eigenvalue weighted by atomic mass is 79.9. The normalized spacial score (nSPS) is 26.9. The molecule has 0 aromatic carbocycles. The molecule has 2 heterocycles. The van der Waals surface area contributed by atoms with E-state index in [9.17, 15) is 9.50 Å². The molecular formula is C11H14BrFN2O. The lowest BCUT2D eigenvalue weighted by Gasteiger charge is -2.17. The van der Waals surface area contributed by atoms with Crippen LogP contribution in [0.15, 0.2) is 22.8 Å². The van der Waals surface area contributed by atoms with Gasteiger partial charge in [0.25, 0.3) is 0 Å². The minimum absolute atomic E-state index is 0.157. The van der Waals surface area contributed by atoms with Crippen molar-refractivity contribution in [2.24, 2.45) is 0 Å². The van der Waals surface area contributed by atoms with Crippen LogP contribution < -0.4 is 5.32 Å². The molecule has 1 aliphatic rings. The Bertz CT molecular complexity index is 364. The molecule has 1 aromatic heterocycles. The molecule has 5 heteroatoms. The Morgan fingerprint density at radius 1 is 1.62 bits per heavy atom. The number of hydrogen-bond acceptors (Lipinski definition) is 3. The van der Waals surface area contributed by atoms with E-state index in [2.05, 4.69) is 26.2 Å². The van der Waals surface area contributed by atoms with E-state index in [4.69, 9.17) is 0 Å². The third-order valence-electron chi connectivity index (χ3n) is 2.77. The fraction of sp³-hybridized carbons (Fsp3) is 0.545. The molecule has 1 fully saturated rings. The number of aliphatic hydroxyl groups is 1. The van der Waals surface area contributed by atoms with Gasteiger partial charge in [0, 0.05) is 24.7 Å². The van der Waals surface area contributed by atoms with Crippen LogP contribution in [0.25, 0.3) is 0 Å². The minimum atomic E-state index is -0.838. The van der Waals surface area contributed by atoms with Crippen molar-refractivity contribution in [2.45, 2.75) is 31.2 Å². The van der Waals surface area contributed by atoms with Crippen molar-refractivity contribution in [2.75, 3.05) is 6.54 Å². The number of aliphatic hydroxyl groups excluding tert-OH is 1. The highest BCUT2D eigenvalue weighted by molar-refractivity contribution is 9.10. The first-order chi connectivity index (χ1) is 7.65. The van der Waals surface area contributed by atoms with Gasteiger partial charge in [-0.1, -0.05) is 6.07 Å². The summed E-state index contributed by atoms with van der Waals surface area (Å²) in [6.45, 7) is 0.341. The molecule has 3 atom stereocenters. The van der Waals surface area contributed by atoms with E-state index < -0.39 is 12.3 Å². The van der Waals surface area contributed by atoms with Gasteiger partial charge >= 0.3 is 0 Å². The average molecular weight is 289 g/mol. The summed E-state index contributed by atoms with van der Waals surface area (Å²) >= 11 is 3.28. The average Bonchev–Trinajstić information content (AvgIpc) is 2.65. The summed E-state index contributed by atoms with van der Waals surface area (Å²) in [5, 5.41) is 12.9. The molecule has 1 saturated heterocycles. The molecule has 88 valence electrons. The number of rotatable bonds is 3. The van der Waals surface area contributed by atoms with Crippen LogP contribution in [0, 0.1) is 0 Å². The number of pyridine rings is 1. The molecule has 1 aliphatic heterocycles. The lowest BCUT2D eigenvalue weighted by atomic mass is 10.0. The van der Waals surface area contributed by atoms with Crippen LogP contribution in [-0.2, 0) is 6.42 Å². The smallest absolute Gasteiger partial charge is 0.114 e. The van der Waals surface area contributed by atoms with E-state index in [1.54, 1.807) is 0 Å². The summed E-state index contributed by atoms with van der Waals surface area (Å²) in [7, 11) is 0. The maximum Gasteiger partial charge on any atom is 0.114 e. The van der Waals surface area contributed by atoms with Crippen molar-refractivity contribution < 1.29 is 9.50 Å². The summed E-state index contributed by atoms with van der Waals surface area (Å²) in [5.74, 6) is 0. The summed E-state index contributed by atoms with van der Waals surface area (Å²) in [5.41, 5.74) is 0.811. The minimum Gasteiger partial charge on any atom is -0.391 e. The molecule has 0 aliphatic carbocycles. The van der Waals surface area contributed by atoms with Gasteiger partial charge in [-0.15, -0.1) is 0 Å². The van der Waals surface area contributed by atoms with Gasteiger partial charge in [0.1, 0.15) is 10.8 Å². The van der Waals surface area contributed by atoms with E-state index >= 15 is 0 Å². The monoisotopic (exact) mass is 288 g/mol. The van der Waals surface area contributed by atoms with Gasteiger partial charge < -0.3 is 10.4 Å². The van der Waals surface area contributed by atoms with E-state index in [1.807, 2.05) is 18.2 Å². The Balaban J connectivity index is 1.94. The number of alkyl halides is 1. The highest BCUT2D eigenvalue weighted by Gasteiger charge is 2.29. The van der Waals surface area contributed by atoms with Crippen LogP contribution in [0.2, 0.25) is 0 Å². The lowest BCUT2D eigenvalue weighted by Crippen LogP contribution is -2.36. The predicted octanol–water partition coefficient (Wildman–Crippen LogP) is 1.45. The third kappa shape index (κ3) is 2.99. The van der Waals surface area contributed by atoms with E-state index in [0.717, 1.165) is 10.3 Å². The SMILES string of the molecule is O[C@H](Cc1cccc(Br)n1)[C@@H]1C[C@@H](F)CN1. The van der Waals surface area contributed by atoms with Crippen LogP contribution in [0.4, 0.5) is 4.39 Å². The first kappa shape index (κ1) is 12.0. The Labute approximate surface area is 102 Å². The fourth-order valence-electron chi connectivity index (χ4n) is 1.94. The van der Waals surface area contributed by atoms with Gasteiger partial charge in [-0.2, -0.15) is 0 Å². The molecule has 0 bridgehead atoms. The predicted molar refractivity (Wildman–Crippen MR) is 63.0 cm³/mol. The molecule has 2 rings (SSSR count). The summed E-state index contributed by atoms with van der Waals surface area (Å²) in [4.78, 5) is 4.24. The molecule has 1 aromatic rings. The molecule has 0 saturated carbocycles. The van der Waals surface area contributed by atoms with Crippen LogP contribution in [0.1, 0.15) is 12.1 Å². The Kier molecular flexibility index (Phi) is 3.89. The third-order valence-corrected chi connectivity index (χ3v) is 3.21. The molecule has 16 heavy (non-hydrogen) atoms. The van der Waals surface area contributed by atoms with E-state index in [0.29, 0.717) is 19.4 Å². The van der Waals surface area contributed by atoms with Gasteiger partial charge in [-0.25, -0.2) is 9.37 Å². The van der Waals surface area contributed by atoms with Crippen molar-refractivity contribution in [3.8, 4) is 0 Å². The number of halogens is 2. The van der Waals surface area contributed by atoms with Crippen LogP contribution >= 0.6 is 15.9 Å². The molecule has 0 radical (unpaired) electrons. The second kappa shape index (κ2) is 5.21. The quantitative estimate of drug-likeness (QED) is 0.828. The maximum atomic E-state index is 12.9. The highest BCUT2D eigenvalue weighted by Crippen LogP contribution is 2.16. The molecule has 3 nitrogen and oxygen atoms in total. The lowest BCUT2D eigenvalue weighted by molar-refractivity contribution is 0.132. The van der Waals surface area contributed by atoms with E-state index in [-0.39, 0.29) is 6.04 Å². The topological polar surface area (TPSA) is 45.2 Å². The van der Waals surface area contributed by atoms with Gasteiger partial charge in [0.2, 0.25) is 0 Å². The summed E-state index contributed by atoms with van der Waals surface area (Å²) < 4.78 is 13.7. The van der Waals surface area contributed by atoms with Crippen LogP contribution in [-0.4, -0.2) is 35.0 Å². The van der Waals surface area contributed by atoms with Crippen molar-refractivity contribution in [1.29, 1.82) is 0 Å². The number of nitrogens with zero attached hydrogens (tertiary/aromatic N) is 1. The molecule has 2 N–H and O–H groups in total. The first-order valence-electron chi connectivity index (χ1n) is 5.32. The van der Waals surface area contributed by atoms with Crippen molar-refractivity contribution in [3.63, 3.8) is 0 Å². The Morgan fingerprint density at radius 2 is 2.44 bits per heavy atom. The van der Waals surface area contributed by atoms with Gasteiger partial charge in [0.05, 0.1) is 6.10 Å². The van der Waals surface area contributed by atoms with Gasteiger partial charge in [0.15, 0.2) is 0 Å². The second-order valence-corrected chi connectivity index (χ2v) is 4.88. The van der Waals surface area contributed by atoms with Crippen molar-refractivity contribution in [3.05, 3.63) is 28.5 Å². The fourth-order valence-corrected chi connectivity index (χ4v) is 2.32. The molecule has 0 unspecified atom stereocenters. The zero-order chi connectivity index (χ0) is 11.5. The second-order valence-electron chi connectivity index (χ2n) is 4.07. The van der Waals surface area contributed by atoms with Crippen LogP contribution in [0.3, 0.4) is 0 Å². The summed E-state index contributed by atoms with van der Waals surface area (Å²) in [6.07, 6.45) is -0.586. The maximum absolute atomic E-state index is 12.9. The molecule has 0 amide bonds. The van der Waals surface area contributed by atoms with Crippen LogP contribution in [0.5, 0.6) is 0 Å². The molecular weight excluding hydrogens is 275 g/mol. The van der Waals surface area contributed by atoms with Crippen molar-refractivity contribution in [1.82, 2.24) is 10.3 Å². The van der Waals surface area contributed by atoms with Gasteiger partial charge in [-0.3, -0.25) is 0 Å². The number of aromatic nitrogens is 1. The Morgan fingerprint density at radius 3 is 3.06 bits per heavy atom. The van der Waals surface area contributed by atoms with Gasteiger partial charge in [-0.05, 0) is 34.5 Å². The largest absolute Gasteiger partial charge is 0.391 e. The van der Waals surface area contributed by atoms with E-state index in [1.165, 1.54) is 0 Å².